The smallest absolute Gasteiger partial charge is 0.353 e. The molecule has 0 radical (unpaired) electrons. The van der Waals surface area contributed by atoms with Gasteiger partial charge in [-0.2, -0.15) is 0 Å². The summed E-state index contributed by atoms with van der Waals surface area (Å²) in [4.78, 5) is 16.6. The highest BCUT2D eigenvalue weighted by atomic mass is 32.2. The Morgan fingerprint density at radius 3 is 2.57 bits per heavy atom. The van der Waals surface area contributed by atoms with E-state index in [0.29, 0.717) is 0 Å². The first-order valence-electron chi connectivity index (χ1n) is 3.79. The number of aromatic carboxylic acids is 1. The van der Waals surface area contributed by atoms with Crippen molar-refractivity contribution in [1.82, 2.24) is 9.97 Å². The quantitative estimate of drug-likeness (QED) is 0.755. The van der Waals surface area contributed by atoms with Gasteiger partial charge in [0.1, 0.15) is 16.8 Å². The standard InChI is InChI=1S/C7H10N2O4S/c1-4(14(2,12)13)6-8-3-5(9-6)7(10)11/h3-4H,1-2H3,(H,8,9)(H,10,11). The van der Waals surface area contributed by atoms with Gasteiger partial charge in [0, 0.05) is 6.26 Å². The Hall–Kier alpha value is -1.37. The largest absolute Gasteiger partial charge is 0.477 e. The van der Waals surface area contributed by atoms with Crippen LogP contribution in [-0.4, -0.2) is 35.7 Å². The first-order chi connectivity index (χ1) is 6.32. The fraction of sp³-hybridized carbons (Fsp3) is 0.429. The molecular weight excluding hydrogens is 208 g/mol. The van der Waals surface area contributed by atoms with Crippen LogP contribution in [-0.2, 0) is 9.84 Å². The van der Waals surface area contributed by atoms with E-state index >= 15 is 0 Å². The zero-order valence-corrected chi connectivity index (χ0v) is 8.50. The molecule has 0 bridgehead atoms. The summed E-state index contributed by atoms with van der Waals surface area (Å²) in [5, 5.41) is 7.74. The number of nitrogens with one attached hydrogen (secondary N) is 1. The molecule has 0 aliphatic rings. The molecule has 7 heteroatoms. The van der Waals surface area contributed by atoms with Gasteiger partial charge in [-0.25, -0.2) is 18.2 Å². The van der Waals surface area contributed by atoms with Crippen LogP contribution in [0.4, 0.5) is 0 Å². The Morgan fingerprint density at radius 2 is 2.21 bits per heavy atom. The molecule has 1 heterocycles. The number of nitrogens with zero attached hydrogens (tertiary/aromatic N) is 1. The molecule has 1 rings (SSSR count). The van der Waals surface area contributed by atoms with Crippen molar-refractivity contribution >= 4 is 15.8 Å². The zero-order valence-electron chi connectivity index (χ0n) is 7.68. The number of carbonyl (C=O) groups is 1. The van der Waals surface area contributed by atoms with Crippen LogP contribution in [0.15, 0.2) is 6.20 Å². The molecule has 0 aliphatic carbocycles. The Labute approximate surface area is 80.9 Å². The average molecular weight is 218 g/mol. The predicted molar refractivity (Wildman–Crippen MR) is 48.8 cm³/mol. The van der Waals surface area contributed by atoms with E-state index in [4.69, 9.17) is 5.11 Å². The van der Waals surface area contributed by atoms with Gasteiger partial charge in [-0.1, -0.05) is 0 Å². The number of H-pyrrole nitrogens is 1. The van der Waals surface area contributed by atoms with Crippen molar-refractivity contribution in [2.75, 3.05) is 6.26 Å². The molecule has 14 heavy (non-hydrogen) atoms. The highest BCUT2D eigenvalue weighted by molar-refractivity contribution is 7.90. The van der Waals surface area contributed by atoms with Gasteiger partial charge in [-0.3, -0.25) is 0 Å². The molecule has 1 unspecified atom stereocenters. The van der Waals surface area contributed by atoms with Gasteiger partial charge in [0.05, 0.1) is 6.20 Å². The minimum atomic E-state index is -3.25. The Balaban J connectivity index is 3.04. The van der Waals surface area contributed by atoms with Gasteiger partial charge in [-0.15, -0.1) is 0 Å². The van der Waals surface area contributed by atoms with Crippen molar-refractivity contribution in [2.45, 2.75) is 12.2 Å². The van der Waals surface area contributed by atoms with E-state index in [1.54, 1.807) is 0 Å². The van der Waals surface area contributed by atoms with Crippen LogP contribution in [0.25, 0.3) is 0 Å². The SMILES string of the molecule is CC(c1ncc(C(=O)O)[nH]1)S(C)(=O)=O. The van der Waals surface area contributed by atoms with Crippen molar-refractivity contribution in [2.24, 2.45) is 0 Å². The van der Waals surface area contributed by atoms with Crippen LogP contribution in [0.2, 0.25) is 0 Å². The number of carboxylic acid groups (broad SMARTS) is 1. The lowest BCUT2D eigenvalue weighted by Gasteiger charge is -2.04. The molecule has 1 atom stereocenters. The maximum Gasteiger partial charge on any atom is 0.353 e. The third-order valence-corrected chi connectivity index (χ3v) is 3.36. The monoisotopic (exact) mass is 218 g/mol. The lowest BCUT2D eigenvalue weighted by Crippen LogP contribution is -2.09. The fourth-order valence-corrected chi connectivity index (χ4v) is 1.38. The molecule has 0 amide bonds. The van der Waals surface area contributed by atoms with E-state index in [-0.39, 0.29) is 11.5 Å². The number of aromatic amines is 1. The number of aromatic nitrogens is 2. The van der Waals surface area contributed by atoms with E-state index < -0.39 is 21.1 Å². The van der Waals surface area contributed by atoms with E-state index in [9.17, 15) is 13.2 Å². The zero-order chi connectivity index (χ0) is 10.9. The normalized spacial score (nSPS) is 13.9. The van der Waals surface area contributed by atoms with Gasteiger partial charge >= 0.3 is 5.97 Å². The van der Waals surface area contributed by atoms with Crippen LogP contribution in [0.1, 0.15) is 28.5 Å². The molecule has 1 aromatic heterocycles. The molecule has 0 saturated heterocycles. The molecule has 1 aromatic rings. The van der Waals surface area contributed by atoms with Gasteiger partial charge < -0.3 is 10.1 Å². The van der Waals surface area contributed by atoms with Crippen LogP contribution in [0.3, 0.4) is 0 Å². The molecule has 2 N–H and O–H groups in total. The van der Waals surface area contributed by atoms with Crippen LogP contribution in [0.5, 0.6) is 0 Å². The van der Waals surface area contributed by atoms with Crippen molar-refractivity contribution < 1.29 is 18.3 Å². The van der Waals surface area contributed by atoms with Crippen molar-refractivity contribution in [3.8, 4) is 0 Å². The molecule has 0 aliphatic heterocycles. The molecule has 0 fully saturated rings. The van der Waals surface area contributed by atoms with Gasteiger partial charge in [0.2, 0.25) is 0 Å². The third kappa shape index (κ3) is 2.11. The van der Waals surface area contributed by atoms with E-state index in [2.05, 4.69) is 9.97 Å². The second kappa shape index (κ2) is 3.41. The number of carboxylic acids is 1. The molecular formula is C7H10N2O4S. The Kier molecular flexibility index (Phi) is 2.61. The lowest BCUT2D eigenvalue weighted by atomic mass is 10.4. The summed E-state index contributed by atoms with van der Waals surface area (Å²) in [6, 6.07) is 0. The van der Waals surface area contributed by atoms with Crippen molar-refractivity contribution in [3.05, 3.63) is 17.7 Å². The number of imidazole rings is 1. The van der Waals surface area contributed by atoms with Crippen molar-refractivity contribution in [1.29, 1.82) is 0 Å². The van der Waals surface area contributed by atoms with Crippen LogP contribution < -0.4 is 0 Å². The molecule has 6 nitrogen and oxygen atoms in total. The average Bonchev–Trinajstić information content (AvgIpc) is 2.48. The first-order valence-corrected chi connectivity index (χ1v) is 5.75. The molecule has 0 spiro atoms. The summed E-state index contributed by atoms with van der Waals surface area (Å²) in [5.74, 6) is -1.02. The molecule has 0 aromatic carbocycles. The number of rotatable bonds is 3. The van der Waals surface area contributed by atoms with Gasteiger partial charge in [-0.05, 0) is 6.92 Å². The summed E-state index contributed by atoms with van der Waals surface area (Å²) >= 11 is 0. The summed E-state index contributed by atoms with van der Waals surface area (Å²) < 4.78 is 22.2. The van der Waals surface area contributed by atoms with E-state index in [1.165, 1.54) is 6.92 Å². The van der Waals surface area contributed by atoms with Gasteiger partial charge in [0.15, 0.2) is 9.84 Å². The molecule has 78 valence electrons. The fourth-order valence-electron chi connectivity index (χ4n) is 0.855. The van der Waals surface area contributed by atoms with Crippen molar-refractivity contribution in [3.63, 3.8) is 0 Å². The third-order valence-electron chi connectivity index (χ3n) is 1.85. The maximum atomic E-state index is 11.1. The summed E-state index contributed by atoms with van der Waals surface area (Å²) in [6.07, 6.45) is 2.17. The topological polar surface area (TPSA) is 100 Å². The number of hydrogen-bond acceptors (Lipinski definition) is 4. The maximum absolute atomic E-state index is 11.1. The Bertz CT molecular complexity index is 448. The van der Waals surface area contributed by atoms with E-state index in [0.717, 1.165) is 12.5 Å². The lowest BCUT2D eigenvalue weighted by molar-refractivity contribution is 0.0691. The van der Waals surface area contributed by atoms with Crippen LogP contribution >= 0.6 is 0 Å². The summed E-state index contributed by atoms with van der Waals surface area (Å²) in [6.45, 7) is 1.44. The number of sulfone groups is 1. The van der Waals surface area contributed by atoms with Crippen LogP contribution in [0, 0.1) is 0 Å². The highest BCUT2D eigenvalue weighted by Gasteiger charge is 2.21. The minimum Gasteiger partial charge on any atom is -0.477 e. The highest BCUT2D eigenvalue weighted by Crippen LogP contribution is 2.17. The Morgan fingerprint density at radius 1 is 1.64 bits per heavy atom. The minimum absolute atomic E-state index is 0.115. The second-order valence-electron chi connectivity index (χ2n) is 2.96. The molecule has 0 saturated carbocycles. The first kappa shape index (κ1) is 10.7. The predicted octanol–water partition coefficient (Wildman–Crippen LogP) is 0.214. The van der Waals surface area contributed by atoms with Gasteiger partial charge in [0.25, 0.3) is 0 Å². The summed E-state index contributed by atoms with van der Waals surface area (Å²) in [5.41, 5.74) is -0.115. The van der Waals surface area contributed by atoms with E-state index in [1.807, 2.05) is 0 Å². The number of hydrogen-bond donors (Lipinski definition) is 2. The summed E-state index contributed by atoms with van der Waals surface area (Å²) in [7, 11) is -3.25. The second-order valence-corrected chi connectivity index (χ2v) is 5.33.